The average molecular weight is 401 g/mol. The highest BCUT2D eigenvalue weighted by Gasteiger charge is 2.14. The van der Waals surface area contributed by atoms with Crippen LogP contribution in [0.4, 0.5) is 11.9 Å². The molecule has 2 N–H and O–H groups in total. The number of aromatic nitrogens is 4. The van der Waals surface area contributed by atoms with Gasteiger partial charge in [0.15, 0.2) is 0 Å². The molecule has 0 aliphatic carbocycles. The summed E-state index contributed by atoms with van der Waals surface area (Å²) in [6.07, 6.45) is 1.51. The Morgan fingerprint density at radius 3 is 2.60 bits per heavy atom. The van der Waals surface area contributed by atoms with E-state index in [1.807, 2.05) is 62.4 Å². The van der Waals surface area contributed by atoms with E-state index in [1.165, 1.54) is 0 Å². The maximum absolute atomic E-state index is 12.8. The number of aromatic amines is 1. The van der Waals surface area contributed by atoms with E-state index in [0.717, 1.165) is 34.3 Å². The van der Waals surface area contributed by atoms with Crippen LogP contribution in [0.5, 0.6) is 5.75 Å². The Balaban J connectivity index is 1.76. The van der Waals surface area contributed by atoms with Crippen LogP contribution in [0, 0.1) is 6.92 Å². The molecule has 0 fully saturated rings. The Hall–Kier alpha value is -3.74. The quantitative estimate of drug-likeness (QED) is 0.498. The van der Waals surface area contributed by atoms with Gasteiger partial charge in [-0.25, -0.2) is 15.0 Å². The number of hydrogen-bond acceptors (Lipinski definition) is 6. The van der Waals surface area contributed by atoms with Crippen LogP contribution in [-0.4, -0.2) is 27.0 Å². The van der Waals surface area contributed by atoms with Crippen LogP contribution in [0.2, 0.25) is 0 Å². The Morgan fingerprint density at radius 2 is 1.87 bits per heavy atom. The fraction of sp³-hybridized carbons (Fsp3) is 0.217. The van der Waals surface area contributed by atoms with Gasteiger partial charge in [0.25, 0.3) is 5.56 Å². The van der Waals surface area contributed by atoms with E-state index in [-0.39, 0.29) is 5.56 Å². The molecular weight excluding hydrogens is 378 g/mol. The van der Waals surface area contributed by atoms with Gasteiger partial charge in [0.1, 0.15) is 5.75 Å². The van der Waals surface area contributed by atoms with E-state index < -0.39 is 0 Å². The molecule has 0 aliphatic rings. The summed E-state index contributed by atoms with van der Waals surface area (Å²) < 4.78 is 5.28. The second-order valence-electron chi connectivity index (χ2n) is 7.00. The molecule has 0 saturated carbocycles. The number of hydrogen-bond donors (Lipinski definition) is 2. The zero-order chi connectivity index (χ0) is 21.1. The topological polar surface area (TPSA) is 92.8 Å². The number of nitrogens with zero attached hydrogens (tertiary/aromatic N) is 3. The van der Waals surface area contributed by atoms with Gasteiger partial charge in [0.2, 0.25) is 11.9 Å². The maximum Gasteiger partial charge on any atom is 0.256 e. The van der Waals surface area contributed by atoms with Crippen molar-refractivity contribution in [3.05, 3.63) is 70.1 Å². The third-order valence-corrected chi connectivity index (χ3v) is 4.89. The molecule has 30 heavy (non-hydrogen) atoms. The number of anilines is 2. The Labute approximate surface area is 174 Å². The molecule has 2 aromatic carbocycles. The zero-order valence-corrected chi connectivity index (χ0v) is 17.2. The molecule has 0 unspecified atom stereocenters. The van der Waals surface area contributed by atoms with Crippen LogP contribution < -0.4 is 15.6 Å². The number of benzene rings is 2. The minimum atomic E-state index is -0.157. The van der Waals surface area contributed by atoms with Crippen LogP contribution in [0.15, 0.2) is 53.3 Å². The molecule has 7 heteroatoms. The van der Waals surface area contributed by atoms with Gasteiger partial charge in [0.05, 0.1) is 24.0 Å². The molecule has 0 saturated heterocycles. The van der Waals surface area contributed by atoms with Gasteiger partial charge >= 0.3 is 0 Å². The van der Waals surface area contributed by atoms with Crippen molar-refractivity contribution in [3.8, 4) is 17.0 Å². The average Bonchev–Trinajstić information content (AvgIpc) is 2.76. The number of aryl methyl sites for hydroxylation is 1. The molecule has 2 aromatic heterocycles. The molecule has 0 bridgehead atoms. The number of rotatable bonds is 6. The first kappa shape index (κ1) is 19.6. The molecular formula is C23H23N5O2. The SMILES string of the molecule is CCCc1c(-c2ccccc2)nc(Nc2nc(C)c3cc(OC)ccc3n2)[nH]c1=O. The van der Waals surface area contributed by atoms with E-state index in [0.29, 0.717) is 29.6 Å². The van der Waals surface area contributed by atoms with Crippen molar-refractivity contribution >= 4 is 22.8 Å². The first-order valence-corrected chi connectivity index (χ1v) is 9.87. The lowest BCUT2D eigenvalue weighted by molar-refractivity contribution is 0.415. The third kappa shape index (κ3) is 3.87. The predicted molar refractivity (Wildman–Crippen MR) is 118 cm³/mol. The smallest absolute Gasteiger partial charge is 0.256 e. The van der Waals surface area contributed by atoms with Crippen LogP contribution in [0.1, 0.15) is 24.6 Å². The fourth-order valence-electron chi connectivity index (χ4n) is 3.42. The standard InChI is InChI=1S/C23H23N5O2/c1-4-8-17-20(15-9-6-5-7-10-15)26-23(27-21(17)29)28-22-24-14(2)18-13-16(30-3)11-12-19(18)25-22/h5-7,9-13H,4,8H2,1-3H3,(H2,24,25,26,27,28,29). The normalized spacial score (nSPS) is 10.9. The Morgan fingerprint density at radius 1 is 1.07 bits per heavy atom. The molecule has 4 aromatic rings. The Bertz CT molecular complexity index is 1250. The van der Waals surface area contributed by atoms with E-state index in [9.17, 15) is 4.79 Å². The number of methoxy groups -OCH3 is 1. The maximum atomic E-state index is 12.8. The summed E-state index contributed by atoms with van der Waals surface area (Å²) >= 11 is 0. The highest BCUT2D eigenvalue weighted by atomic mass is 16.5. The summed E-state index contributed by atoms with van der Waals surface area (Å²) in [4.78, 5) is 29.4. The predicted octanol–water partition coefficient (Wildman–Crippen LogP) is 4.39. The van der Waals surface area contributed by atoms with E-state index >= 15 is 0 Å². The van der Waals surface area contributed by atoms with Crippen molar-refractivity contribution in [2.24, 2.45) is 0 Å². The number of ether oxygens (including phenoxy) is 1. The van der Waals surface area contributed by atoms with E-state index in [2.05, 4.69) is 25.3 Å². The van der Waals surface area contributed by atoms with Gasteiger partial charge in [-0.1, -0.05) is 43.7 Å². The summed E-state index contributed by atoms with van der Waals surface area (Å²) in [5.41, 5.74) is 3.67. The molecule has 2 heterocycles. The van der Waals surface area contributed by atoms with Crippen molar-refractivity contribution in [2.45, 2.75) is 26.7 Å². The third-order valence-electron chi connectivity index (χ3n) is 4.89. The lowest BCUT2D eigenvalue weighted by Gasteiger charge is -2.12. The molecule has 0 aliphatic heterocycles. The van der Waals surface area contributed by atoms with Crippen molar-refractivity contribution in [1.29, 1.82) is 0 Å². The zero-order valence-electron chi connectivity index (χ0n) is 17.2. The molecule has 4 rings (SSSR count). The number of H-pyrrole nitrogens is 1. The van der Waals surface area contributed by atoms with Gasteiger partial charge in [-0.15, -0.1) is 0 Å². The summed E-state index contributed by atoms with van der Waals surface area (Å²) in [5, 5.41) is 3.97. The minimum absolute atomic E-state index is 0.157. The second kappa shape index (κ2) is 8.32. The monoisotopic (exact) mass is 401 g/mol. The fourth-order valence-corrected chi connectivity index (χ4v) is 3.42. The van der Waals surface area contributed by atoms with Crippen LogP contribution in [0.25, 0.3) is 22.2 Å². The van der Waals surface area contributed by atoms with Crippen LogP contribution >= 0.6 is 0 Å². The highest BCUT2D eigenvalue weighted by Crippen LogP contribution is 2.25. The van der Waals surface area contributed by atoms with Gasteiger partial charge in [-0.05, 0) is 31.5 Å². The highest BCUT2D eigenvalue weighted by molar-refractivity contribution is 5.83. The van der Waals surface area contributed by atoms with Gasteiger partial charge < -0.3 is 4.74 Å². The van der Waals surface area contributed by atoms with Crippen molar-refractivity contribution < 1.29 is 4.74 Å². The van der Waals surface area contributed by atoms with Gasteiger partial charge in [-0.2, -0.15) is 0 Å². The van der Waals surface area contributed by atoms with Crippen molar-refractivity contribution in [2.75, 3.05) is 12.4 Å². The molecule has 0 amide bonds. The first-order chi connectivity index (χ1) is 14.6. The molecule has 0 atom stereocenters. The molecule has 0 spiro atoms. The van der Waals surface area contributed by atoms with E-state index in [1.54, 1.807) is 7.11 Å². The molecule has 0 radical (unpaired) electrons. The summed E-state index contributed by atoms with van der Waals surface area (Å²) in [6.45, 7) is 3.95. The van der Waals surface area contributed by atoms with Gasteiger partial charge in [0, 0.05) is 16.5 Å². The second-order valence-corrected chi connectivity index (χ2v) is 7.00. The molecule has 7 nitrogen and oxygen atoms in total. The minimum Gasteiger partial charge on any atom is -0.497 e. The lowest BCUT2D eigenvalue weighted by atomic mass is 10.0. The number of fused-ring (bicyclic) bond motifs is 1. The summed E-state index contributed by atoms with van der Waals surface area (Å²) in [7, 11) is 1.63. The first-order valence-electron chi connectivity index (χ1n) is 9.87. The Kier molecular flexibility index (Phi) is 5.43. The van der Waals surface area contributed by atoms with Gasteiger partial charge in [-0.3, -0.25) is 15.1 Å². The van der Waals surface area contributed by atoms with Crippen LogP contribution in [0.3, 0.4) is 0 Å². The molecule has 152 valence electrons. The largest absolute Gasteiger partial charge is 0.497 e. The summed E-state index contributed by atoms with van der Waals surface area (Å²) in [6, 6.07) is 15.4. The number of nitrogens with one attached hydrogen (secondary N) is 2. The van der Waals surface area contributed by atoms with Crippen molar-refractivity contribution in [1.82, 2.24) is 19.9 Å². The lowest BCUT2D eigenvalue weighted by Crippen LogP contribution is -2.18. The van der Waals surface area contributed by atoms with E-state index in [4.69, 9.17) is 4.74 Å². The van der Waals surface area contributed by atoms with Crippen LogP contribution in [-0.2, 0) is 6.42 Å². The van der Waals surface area contributed by atoms with Crippen molar-refractivity contribution in [3.63, 3.8) is 0 Å². The summed E-state index contributed by atoms with van der Waals surface area (Å²) in [5.74, 6) is 1.43.